The van der Waals surface area contributed by atoms with Gasteiger partial charge in [-0.05, 0) is 47.9 Å². The Labute approximate surface area is 171 Å². The van der Waals surface area contributed by atoms with Crippen molar-refractivity contribution in [2.75, 3.05) is 20.3 Å². The van der Waals surface area contributed by atoms with Crippen LogP contribution in [0.3, 0.4) is 0 Å². The number of hydrogen-bond acceptors (Lipinski definition) is 6. The van der Waals surface area contributed by atoms with E-state index in [1.54, 1.807) is 0 Å². The Balaban J connectivity index is 1.86. The van der Waals surface area contributed by atoms with Gasteiger partial charge < -0.3 is 14.2 Å². The van der Waals surface area contributed by atoms with Crippen LogP contribution in [0.25, 0.3) is 0 Å². The Hall–Kier alpha value is -2.58. The van der Waals surface area contributed by atoms with Crippen LogP contribution in [-0.4, -0.2) is 34.7 Å². The van der Waals surface area contributed by atoms with Crippen LogP contribution < -0.4 is 14.2 Å². The van der Waals surface area contributed by atoms with Crippen LogP contribution in [0.15, 0.2) is 47.4 Å². The smallest absolute Gasteiger partial charge is 0.337 e. The second-order valence-electron chi connectivity index (χ2n) is 7.12. The summed E-state index contributed by atoms with van der Waals surface area (Å²) in [5.41, 5.74) is 1.08. The third kappa shape index (κ3) is 4.89. The lowest BCUT2D eigenvalue weighted by atomic mass is 9.97. The molecule has 2 aromatic rings. The van der Waals surface area contributed by atoms with E-state index < -0.39 is 22.0 Å². The van der Waals surface area contributed by atoms with Gasteiger partial charge in [0.25, 0.3) is 0 Å². The average molecular weight is 419 g/mol. The first kappa shape index (κ1) is 21.1. The number of esters is 1. The molecule has 0 saturated heterocycles. The summed E-state index contributed by atoms with van der Waals surface area (Å²) in [6.45, 7) is 5.03. The van der Waals surface area contributed by atoms with Gasteiger partial charge in [-0.15, -0.1) is 0 Å². The van der Waals surface area contributed by atoms with Gasteiger partial charge in [0, 0.05) is 12.5 Å². The molecule has 2 aromatic carbocycles. The van der Waals surface area contributed by atoms with Gasteiger partial charge in [-0.25, -0.2) is 17.9 Å². The summed E-state index contributed by atoms with van der Waals surface area (Å²) in [4.78, 5) is 11.6. The maximum absolute atomic E-state index is 12.9. The minimum atomic E-state index is -3.80. The van der Waals surface area contributed by atoms with E-state index in [-0.39, 0.29) is 16.4 Å². The van der Waals surface area contributed by atoms with Gasteiger partial charge in [-0.3, -0.25) is 0 Å². The predicted octanol–water partition coefficient (Wildman–Crippen LogP) is 3.31. The molecule has 0 aromatic heterocycles. The van der Waals surface area contributed by atoms with Gasteiger partial charge in [0.05, 0.1) is 30.8 Å². The third-order valence-corrected chi connectivity index (χ3v) is 6.12. The maximum atomic E-state index is 12.9. The van der Waals surface area contributed by atoms with Crippen molar-refractivity contribution in [1.82, 2.24) is 4.72 Å². The van der Waals surface area contributed by atoms with Crippen molar-refractivity contribution < 1.29 is 27.4 Å². The number of fused-ring (bicyclic) bond motifs is 1. The number of sulfonamides is 1. The van der Waals surface area contributed by atoms with Crippen molar-refractivity contribution >= 4 is 16.0 Å². The van der Waals surface area contributed by atoms with E-state index >= 15 is 0 Å². The summed E-state index contributed by atoms with van der Waals surface area (Å²) in [7, 11) is -2.53. The van der Waals surface area contributed by atoms with Gasteiger partial charge in [0.1, 0.15) is 0 Å². The zero-order valence-corrected chi connectivity index (χ0v) is 17.5. The van der Waals surface area contributed by atoms with E-state index in [1.807, 2.05) is 32.0 Å². The Bertz CT molecular complexity index is 969. The molecule has 0 saturated carbocycles. The van der Waals surface area contributed by atoms with E-state index in [4.69, 9.17) is 9.47 Å². The molecule has 0 radical (unpaired) electrons. The first-order chi connectivity index (χ1) is 13.8. The predicted molar refractivity (Wildman–Crippen MR) is 108 cm³/mol. The summed E-state index contributed by atoms with van der Waals surface area (Å²) in [5, 5.41) is 0. The molecule has 0 fully saturated rings. The molecule has 7 nitrogen and oxygen atoms in total. The molecule has 8 heteroatoms. The van der Waals surface area contributed by atoms with Gasteiger partial charge in [0.15, 0.2) is 11.5 Å². The van der Waals surface area contributed by atoms with E-state index in [1.165, 1.54) is 31.4 Å². The lowest BCUT2D eigenvalue weighted by molar-refractivity contribution is 0.0600. The molecule has 156 valence electrons. The van der Waals surface area contributed by atoms with Crippen LogP contribution in [0, 0.1) is 5.92 Å². The number of rotatable bonds is 6. The topological polar surface area (TPSA) is 90.9 Å². The van der Waals surface area contributed by atoms with Crippen LogP contribution in [0.1, 0.15) is 42.2 Å². The van der Waals surface area contributed by atoms with Crippen LogP contribution in [-0.2, 0) is 14.8 Å². The van der Waals surface area contributed by atoms with E-state index in [0.29, 0.717) is 24.7 Å². The van der Waals surface area contributed by atoms with Crippen molar-refractivity contribution in [2.24, 2.45) is 5.92 Å². The number of carbonyl (C=O) groups is 1. The highest BCUT2D eigenvalue weighted by atomic mass is 32.2. The Morgan fingerprint density at radius 2 is 1.69 bits per heavy atom. The molecule has 0 unspecified atom stereocenters. The molecule has 0 bridgehead atoms. The van der Waals surface area contributed by atoms with E-state index in [2.05, 4.69) is 9.46 Å². The minimum Gasteiger partial charge on any atom is -0.490 e. The number of benzene rings is 2. The standard InChI is InChI=1S/C21H25NO6S/c1-14(2)20(16-7-10-18-19(13-16)28-12-4-11-27-18)22-29(24,25)17-8-5-15(6-9-17)21(23)26-3/h5-10,13-14,20,22H,4,11-12H2,1-3H3/t20-/m1/s1. The molecule has 1 N–H and O–H groups in total. The highest BCUT2D eigenvalue weighted by Crippen LogP contribution is 2.34. The average Bonchev–Trinajstić information content (AvgIpc) is 2.96. The zero-order valence-electron chi connectivity index (χ0n) is 16.7. The van der Waals surface area contributed by atoms with Crippen molar-refractivity contribution in [3.05, 3.63) is 53.6 Å². The molecule has 0 spiro atoms. The molecule has 1 aliphatic heterocycles. The molecule has 0 amide bonds. The molecular formula is C21H25NO6S. The van der Waals surface area contributed by atoms with Crippen molar-refractivity contribution in [1.29, 1.82) is 0 Å². The molecule has 1 heterocycles. The minimum absolute atomic E-state index is 0.0103. The fourth-order valence-corrected chi connectivity index (χ4v) is 4.46. The maximum Gasteiger partial charge on any atom is 0.337 e. The van der Waals surface area contributed by atoms with Crippen molar-refractivity contribution in [3.8, 4) is 11.5 Å². The molecule has 29 heavy (non-hydrogen) atoms. The van der Waals surface area contributed by atoms with Crippen LogP contribution in [0.5, 0.6) is 11.5 Å². The molecule has 1 aliphatic rings. The third-order valence-electron chi connectivity index (χ3n) is 4.67. The Morgan fingerprint density at radius 1 is 1.03 bits per heavy atom. The molecule has 0 aliphatic carbocycles. The molecular weight excluding hydrogens is 394 g/mol. The summed E-state index contributed by atoms with van der Waals surface area (Å²) in [5.74, 6) is 0.750. The highest BCUT2D eigenvalue weighted by molar-refractivity contribution is 7.89. The number of nitrogens with one attached hydrogen (secondary N) is 1. The number of carbonyl (C=O) groups excluding carboxylic acids is 1. The second kappa shape index (κ2) is 8.84. The first-order valence-electron chi connectivity index (χ1n) is 9.42. The fourth-order valence-electron chi connectivity index (χ4n) is 3.09. The van der Waals surface area contributed by atoms with Crippen LogP contribution in [0.2, 0.25) is 0 Å². The second-order valence-corrected chi connectivity index (χ2v) is 8.83. The van der Waals surface area contributed by atoms with Crippen LogP contribution in [0.4, 0.5) is 0 Å². The van der Waals surface area contributed by atoms with Crippen molar-refractivity contribution in [2.45, 2.75) is 31.2 Å². The van der Waals surface area contributed by atoms with Gasteiger partial charge >= 0.3 is 5.97 Å². The summed E-state index contributed by atoms with van der Waals surface area (Å²) in [6.07, 6.45) is 0.797. The number of ether oxygens (including phenoxy) is 3. The number of hydrogen-bond donors (Lipinski definition) is 1. The monoisotopic (exact) mass is 419 g/mol. The van der Waals surface area contributed by atoms with Gasteiger partial charge in [-0.2, -0.15) is 0 Å². The van der Waals surface area contributed by atoms with Gasteiger partial charge in [-0.1, -0.05) is 19.9 Å². The fraction of sp³-hybridized carbons (Fsp3) is 0.381. The van der Waals surface area contributed by atoms with Crippen molar-refractivity contribution in [3.63, 3.8) is 0 Å². The Kier molecular flexibility index (Phi) is 6.44. The zero-order chi connectivity index (χ0) is 21.0. The number of methoxy groups -OCH3 is 1. The summed E-state index contributed by atoms with van der Waals surface area (Å²) in [6, 6.07) is 10.7. The highest BCUT2D eigenvalue weighted by Gasteiger charge is 2.25. The lowest BCUT2D eigenvalue weighted by Crippen LogP contribution is -2.31. The van der Waals surface area contributed by atoms with E-state index in [0.717, 1.165) is 12.0 Å². The lowest BCUT2D eigenvalue weighted by Gasteiger charge is -2.24. The largest absolute Gasteiger partial charge is 0.490 e. The quantitative estimate of drug-likeness (QED) is 0.723. The SMILES string of the molecule is COC(=O)c1ccc(S(=O)(=O)N[C@@H](c2ccc3c(c2)OCCCO3)C(C)C)cc1. The molecule has 3 rings (SSSR count). The molecule has 1 atom stereocenters. The normalized spacial score (nSPS) is 14.9. The summed E-state index contributed by atoms with van der Waals surface area (Å²) >= 11 is 0. The van der Waals surface area contributed by atoms with Gasteiger partial charge in [0.2, 0.25) is 10.0 Å². The summed E-state index contributed by atoms with van der Waals surface area (Å²) < 4.78 is 44.7. The van der Waals surface area contributed by atoms with E-state index in [9.17, 15) is 13.2 Å². The first-order valence-corrected chi connectivity index (χ1v) is 10.9. The Morgan fingerprint density at radius 3 is 2.31 bits per heavy atom. The van der Waals surface area contributed by atoms with Crippen LogP contribution >= 0.6 is 0 Å².